The summed E-state index contributed by atoms with van der Waals surface area (Å²) < 4.78 is 42.7. The van der Waals surface area contributed by atoms with Crippen molar-refractivity contribution in [1.29, 1.82) is 0 Å². The first kappa shape index (κ1) is 22.6. The molecule has 0 unspecified atom stereocenters. The number of carbonyl (C=O) groups excluding carboxylic acids is 1. The number of aromatic hydroxyl groups is 1. The topological polar surface area (TPSA) is 79.5 Å². The van der Waals surface area contributed by atoms with Gasteiger partial charge in [-0.2, -0.15) is 18.3 Å². The molecule has 0 radical (unpaired) electrons. The van der Waals surface area contributed by atoms with Crippen LogP contribution >= 0.6 is 43.5 Å². The molecule has 2 aromatic heterocycles. The van der Waals surface area contributed by atoms with Gasteiger partial charge in [0, 0.05) is 15.1 Å². The second-order valence-corrected chi connectivity index (χ2v) is 8.69. The molecule has 6 nitrogen and oxygen atoms in total. The molecule has 0 spiro atoms. The van der Waals surface area contributed by atoms with Crippen molar-refractivity contribution in [2.24, 2.45) is 0 Å². The van der Waals surface area contributed by atoms with E-state index in [0.717, 1.165) is 10.5 Å². The first-order valence-electron chi connectivity index (χ1n) is 8.77. The molecule has 0 aliphatic heterocycles. The fraction of sp³-hybridized carbons (Fsp3) is 0.0500. The van der Waals surface area contributed by atoms with Crippen LogP contribution in [0.5, 0.6) is 5.75 Å². The normalized spacial score (nSPS) is 11.7. The van der Waals surface area contributed by atoms with Crippen LogP contribution in [0.1, 0.15) is 16.2 Å². The number of nitrogens with one attached hydrogen (secondary N) is 1. The monoisotopic (exact) mass is 588 g/mol. The number of hydrogen-bond donors (Lipinski definition) is 2. The number of phenols is 1. The van der Waals surface area contributed by atoms with Gasteiger partial charge >= 0.3 is 6.18 Å². The summed E-state index contributed by atoms with van der Waals surface area (Å²) >= 11 is 12.3. The van der Waals surface area contributed by atoms with Gasteiger partial charge in [0.2, 0.25) is 0 Å². The standard InChI is InChI=1S/C20H10Br2ClF3N4O2/c21-10-3-1-9(2-4-10)12-8-15(20(24,25)26)30-18(27-12)16(22)17(29-30)19(32)28-13-7-11(23)5-6-14(13)31/h1-8,31H,(H,28,32). The Balaban J connectivity index is 1.85. The Morgan fingerprint density at radius 3 is 2.44 bits per heavy atom. The molecule has 32 heavy (non-hydrogen) atoms. The van der Waals surface area contributed by atoms with E-state index in [4.69, 9.17) is 11.6 Å². The second-order valence-electron chi connectivity index (χ2n) is 6.54. The van der Waals surface area contributed by atoms with Crippen molar-refractivity contribution < 1.29 is 23.1 Å². The van der Waals surface area contributed by atoms with E-state index in [0.29, 0.717) is 10.1 Å². The predicted molar refractivity (Wildman–Crippen MR) is 120 cm³/mol. The number of halogens is 6. The minimum Gasteiger partial charge on any atom is -0.506 e. The van der Waals surface area contributed by atoms with E-state index in [1.165, 1.54) is 18.2 Å². The van der Waals surface area contributed by atoms with Gasteiger partial charge in [-0.05, 0) is 52.3 Å². The zero-order valence-electron chi connectivity index (χ0n) is 15.6. The van der Waals surface area contributed by atoms with Crippen molar-refractivity contribution in [3.05, 3.63) is 73.9 Å². The number of nitrogens with zero attached hydrogens (tertiary/aromatic N) is 3. The van der Waals surface area contributed by atoms with Gasteiger partial charge in [0.15, 0.2) is 17.0 Å². The SMILES string of the molecule is O=C(Nc1cc(Cl)ccc1O)c1nn2c(C(F)(F)F)cc(-c3ccc(Br)cc3)nc2c1Br. The molecular weight excluding hydrogens is 581 g/mol. The van der Waals surface area contributed by atoms with Gasteiger partial charge in [-0.15, -0.1) is 0 Å². The summed E-state index contributed by atoms with van der Waals surface area (Å²) in [4.78, 5) is 17.0. The first-order valence-corrected chi connectivity index (χ1v) is 10.7. The van der Waals surface area contributed by atoms with Crippen LogP contribution in [0, 0.1) is 0 Å². The lowest BCUT2D eigenvalue weighted by Gasteiger charge is -2.11. The number of carbonyl (C=O) groups is 1. The largest absolute Gasteiger partial charge is 0.506 e. The molecule has 0 atom stereocenters. The third kappa shape index (κ3) is 4.32. The first-order chi connectivity index (χ1) is 15.0. The summed E-state index contributed by atoms with van der Waals surface area (Å²) in [5, 5.41) is 16.4. The van der Waals surface area contributed by atoms with Crippen molar-refractivity contribution in [2.45, 2.75) is 6.18 Å². The number of hydrogen-bond acceptors (Lipinski definition) is 4. The Hall–Kier alpha value is -2.63. The maximum atomic E-state index is 13.8. The highest BCUT2D eigenvalue weighted by Crippen LogP contribution is 2.35. The van der Waals surface area contributed by atoms with Gasteiger partial charge in [-0.1, -0.05) is 39.7 Å². The second kappa shape index (κ2) is 8.38. The Morgan fingerprint density at radius 2 is 1.78 bits per heavy atom. The minimum absolute atomic E-state index is 0.0222. The molecule has 2 N–H and O–H groups in total. The summed E-state index contributed by atoms with van der Waals surface area (Å²) in [5.74, 6) is -1.13. The van der Waals surface area contributed by atoms with Crippen molar-refractivity contribution in [3.8, 4) is 17.0 Å². The molecule has 0 saturated heterocycles. The van der Waals surface area contributed by atoms with Crippen molar-refractivity contribution >= 4 is 60.7 Å². The Kier molecular flexibility index (Phi) is 5.91. The number of benzene rings is 2. The number of alkyl halides is 3. The molecule has 4 aromatic rings. The number of rotatable bonds is 3. The van der Waals surface area contributed by atoms with E-state index in [1.54, 1.807) is 24.3 Å². The zero-order valence-corrected chi connectivity index (χ0v) is 19.5. The molecule has 0 saturated carbocycles. The van der Waals surface area contributed by atoms with Crippen LogP contribution < -0.4 is 5.32 Å². The number of amides is 1. The van der Waals surface area contributed by atoms with Gasteiger partial charge in [0.05, 0.1) is 15.9 Å². The van der Waals surface area contributed by atoms with Crippen LogP contribution in [-0.2, 0) is 6.18 Å². The van der Waals surface area contributed by atoms with Crippen LogP contribution in [0.15, 0.2) is 57.5 Å². The molecule has 0 fully saturated rings. The molecule has 0 aliphatic rings. The van der Waals surface area contributed by atoms with Gasteiger partial charge < -0.3 is 10.4 Å². The van der Waals surface area contributed by atoms with E-state index in [2.05, 4.69) is 47.3 Å². The van der Waals surface area contributed by atoms with Crippen LogP contribution in [0.3, 0.4) is 0 Å². The van der Waals surface area contributed by atoms with Crippen LogP contribution in [-0.4, -0.2) is 25.6 Å². The Bertz CT molecular complexity index is 1360. The molecule has 0 aliphatic carbocycles. The maximum Gasteiger partial charge on any atom is 0.433 e. The zero-order chi connectivity index (χ0) is 23.2. The van der Waals surface area contributed by atoms with Crippen LogP contribution in [0.4, 0.5) is 18.9 Å². The molecular formula is C20H10Br2ClF3N4O2. The number of anilines is 1. The molecule has 0 bridgehead atoms. The third-order valence-corrected chi connectivity index (χ3v) is 5.88. The van der Waals surface area contributed by atoms with Gasteiger partial charge in [-0.25, -0.2) is 9.50 Å². The highest BCUT2D eigenvalue weighted by atomic mass is 79.9. The van der Waals surface area contributed by atoms with Crippen molar-refractivity contribution in [1.82, 2.24) is 14.6 Å². The molecule has 2 aromatic carbocycles. The van der Waals surface area contributed by atoms with E-state index >= 15 is 0 Å². The number of phenolic OH excluding ortho intramolecular Hbond substituents is 1. The van der Waals surface area contributed by atoms with E-state index < -0.39 is 17.8 Å². The van der Waals surface area contributed by atoms with Gasteiger partial charge in [0.25, 0.3) is 5.91 Å². The van der Waals surface area contributed by atoms with Crippen molar-refractivity contribution in [2.75, 3.05) is 5.32 Å². The average molecular weight is 591 g/mol. The number of aromatic nitrogens is 3. The Morgan fingerprint density at radius 1 is 1.09 bits per heavy atom. The Labute approximate surface area is 200 Å². The average Bonchev–Trinajstić information content (AvgIpc) is 3.06. The summed E-state index contributed by atoms with van der Waals surface area (Å²) in [5.41, 5.74) is -1.17. The quantitative estimate of drug-likeness (QED) is 0.265. The summed E-state index contributed by atoms with van der Waals surface area (Å²) in [6.45, 7) is 0. The predicted octanol–water partition coefficient (Wildman–Crippen LogP) is 6.55. The minimum atomic E-state index is -4.77. The highest BCUT2D eigenvalue weighted by Gasteiger charge is 2.36. The number of fused-ring (bicyclic) bond motifs is 1. The van der Waals surface area contributed by atoms with Crippen LogP contribution in [0.25, 0.3) is 16.9 Å². The van der Waals surface area contributed by atoms with E-state index in [-0.39, 0.29) is 38.0 Å². The molecule has 2 heterocycles. The molecule has 4 rings (SSSR count). The highest BCUT2D eigenvalue weighted by molar-refractivity contribution is 9.11. The smallest absolute Gasteiger partial charge is 0.433 e. The van der Waals surface area contributed by atoms with Gasteiger partial charge in [-0.3, -0.25) is 4.79 Å². The van der Waals surface area contributed by atoms with Gasteiger partial charge in [0.1, 0.15) is 5.75 Å². The summed E-state index contributed by atoms with van der Waals surface area (Å²) in [6.07, 6.45) is -4.77. The summed E-state index contributed by atoms with van der Waals surface area (Å²) in [6, 6.07) is 11.4. The van der Waals surface area contributed by atoms with Crippen LogP contribution in [0.2, 0.25) is 5.02 Å². The van der Waals surface area contributed by atoms with E-state index in [9.17, 15) is 23.1 Å². The lowest BCUT2D eigenvalue weighted by atomic mass is 10.1. The summed E-state index contributed by atoms with van der Waals surface area (Å²) in [7, 11) is 0. The lowest BCUT2D eigenvalue weighted by molar-refractivity contribution is -0.142. The fourth-order valence-electron chi connectivity index (χ4n) is 2.90. The lowest BCUT2D eigenvalue weighted by Crippen LogP contribution is -2.16. The third-order valence-electron chi connectivity index (χ3n) is 4.39. The maximum absolute atomic E-state index is 13.8. The van der Waals surface area contributed by atoms with Crippen molar-refractivity contribution in [3.63, 3.8) is 0 Å². The van der Waals surface area contributed by atoms with E-state index in [1.807, 2.05) is 0 Å². The molecule has 1 amide bonds. The molecule has 164 valence electrons. The molecule has 12 heteroatoms. The fourth-order valence-corrected chi connectivity index (χ4v) is 3.85.